The molecule has 1 aromatic carbocycles. The van der Waals surface area contributed by atoms with E-state index in [1.54, 1.807) is 0 Å². The smallest absolute Gasteiger partial charge is 0.228 e. The van der Waals surface area contributed by atoms with E-state index in [0.717, 1.165) is 16.8 Å². The Bertz CT molecular complexity index is 366. The average molecular weight is 243 g/mol. The van der Waals surface area contributed by atoms with Crippen molar-refractivity contribution in [2.75, 3.05) is 11.9 Å². The topological polar surface area (TPSA) is 55.1 Å². The maximum absolute atomic E-state index is 11.6. The van der Waals surface area contributed by atoms with Gasteiger partial charge in [0.05, 0.1) is 0 Å². The lowest BCUT2D eigenvalue weighted by molar-refractivity contribution is -0.119. The van der Waals surface area contributed by atoms with Crippen LogP contribution in [0.5, 0.6) is 0 Å². The van der Waals surface area contributed by atoms with Crippen molar-refractivity contribution in [2.45, 2.75) is 20.8 Å². The summed E-state index contributed by atoms with van der Waals surface area (Å²) in [7, 11) is 0. The standard InChI is InChI=1S/C12H18N2O.ClH/c1-8-4-5-9(2)11(6-8)14-12(15)10(3)7-13;/h4-6,10H,7,13H2,1-3H3,(H,14,15);1H. The number of rotatable bonds is 3. The molecule has 1 aromatic rings. The Kier molecular flexibility index (Phi) is 6.08. The van der Waals surface area contributed by atoms with Gasteiger partial charge in [-0.25, -0.2) is 0 Å². The minimum Gasteiger partial charge on any atom is -0.330 e. The largest absolute Gasteiger partial charge is 0.330 e. The van der Waals surface area contributed by atoms with E-state index < -0.39 is 0 Å². The van der Waals surface area contributed by atoms with Gasteiger partial charge in [0.25, 0.3) is 0 Å². The highest BCUT2D eigenvalue weighted by atomic mass is 35.5. The van der Waals surface area contributed by atoms with E-state index in [2.05, 4.69) is 5.32 Å². The lowest BCUT2D eigenvalue weighted by Crippen LogP contribution is -2.26. The summed E-state index contributed by atoms with van der Waals surface area (Å²) in [6.45, 7) is 6.17. The molecule has 0 aromatic heterocycles. The summed E-state index contributed by atoms with van der Waals surface area (Å²) >= 11 is 0. The van der Waals surface area contributed by atoms with Crippen LogP contribution in [-0.4, -0.2) is 12.5 Å². The predicted octanol–water partition coefficient (Wildman–Crippen LogP) is 2.26. The van der Waals surface area contributed by atoms with E-state index in [1.807, 2.05) is 39.0 Å². The fraction of sp³-hybridized carbons (Fsp3) is 0.417. The maximum atomic E-state index is 11.6. The maximum Gasteiger partial charge on any atom is 0.228 e. The van der Waals surface area contributed by atoms with Crippen LogP contribution in [0.2, 0.25) is 0 Å². The molecule has 0 aliphatic rings. The number of nitrogens with one attached hydrogen (secondary N) is 1. The van der Waals surface area contributed by atoms with Crippen LogP contribution in [-0.2, 0) is 4.79 Å². The first-order chi connectivity index (χ1) is 7.04. The third kappa shape index (κ3) is 3.83. The number of amides is 1. The van der Waals surface area contributed by atoms with E-state index in [4.69, 9.17) is 5.73 Å². The summed E-state index contributed by atoms with van der Waals surface area (Å²) < 4.78 is 0. The normalized spacial score (nSPS) is 11.5. The number of aryl methyl sites for hydroxylation is 2. The lowest BCUT2D eigenvalue weighted by atomic mass is 10.1. The van der Waals surface area contributed by atoms with E-state index in [1.165, 1.54) is 0 Å². The van der Waals surface area contributed by atoms with E-state index in [9.17, 15) is 4.79 Å². The Hall–Kier alpha value is -1.06. The minimum atomic E-state index is -0.148. The molecular formula is C12H19ClN2O. The van der Waals surface area contributed by atoms with Crippen LogP contribution in [0, 0.1) is 19.8 Å². The molecule has 0 spiro atoms. The van der Waals surface area contributed by atoms with Crippen LogP contribution in [0.4, 0.5) is 5.69 Å². The summed E-state index contributed by atoms with van der Waals surface area (Å²) in [5.41, 5.74) is 8.51. The number of halogens is 1. The summed E-state index contributed by atoms with van der Waals surface area (Å²) in [6.07, 6.45) is 0. The van der Waals surface area contributed by atoms with Crippen LogP contribution in [0.25, 0.3) is 0 Å². The quantitative estimate of drug-likeness (QED) is 0.854. The molecule has 0 bridgehead atoms. The molecule has 3 nitrogen and oxygen atoms in total. The number of hydrogen-bond donors (Lipinski definition) is 2. The first kappa shape index (κ1) is 14.9. The molecule has 1 amide bonds. The summed E-state index contributed by atoms with van der Waals surface area (Å²) in [6, 6.07) is 5.99. The number of nitrogens with two attached hydrogens (primary N) is 1. The summed E-state index contributed by atoms with van der Waals surface area (Å²) in [5, 5.41) is 2.88. The first-order valence-corrected chi connectivity index (χ1v) is 5.12. The van der Waals surface area contributed by atoms with Crippen LogP contribution in [0.1, 0.15) is 18.1 Å². The highest BCUT2D eigenvalue weighted by Gasteiger charge is 2.11. The highest BCUT2D eigenvalue weighted by Crippen LogP contribution is 2.16. The van der Waals surface area contributed by atoms with Crippen LogP contribution in [0.15, 0.2) is 18.2 Å². The molecule has 4 heteroatoms. The van der Waals surface area contributed by atoms with E-state index >= 15 is 0 Å². The van der Waals surface area contributed by atoms with Crippen molar-refractivity contribution in [3.63, 3.8) is 0 Å². The zero-order chi connectivity index (χ0) is 11.4. The van der Waals surface area contributed by atoms with E-state index in [-0.39, 0.29) is 24.2 Å². The third-order valence-electron chi connectivity index (χ3n) is 2.45. The second-order valence-corrected chi connectivity index (χ2v) is 3.94. The number of anilines is 1. The second-order valence-electron chi connectivity index (χ2n) is 3.94. The van der Waals surface area contributed by atoms with Crippen molar-refractivity contribution in [2.24, 2.45) is 11.7 Å². The van der Waals surface area contributed by atoms with Crippen molar-refractivity contribution in [3.8, 4) is 0 Å². The molecule has 1 atom stereocenters. The van der Waals surface area contributed by atoms with Crippen molar-refractivity contribution >= 4 is 24.0 Å². The number of carbonyl (C=O) groups excluding carboxylic acids is 1. The molecule has 1 rings (SSSR count). The predicted molar refractivity (Wildman–Crippen MR) is 70.0 cm³/mol. The molecule has 0 radical (unpaired) electrons. The minimum absolute atomic E-state index is 0. The molecule has 90 valence electrons. The molecular weight excluding hydrogens is 224 g/mol. The Morgan fingerprint density at radius 2 is 2.06 bits per heavy atom. The number of benzene rings is 1. The second kappa shape index (κ2) is 6.51. The van der Waals surface area contributed by atoms with Gasteiger partial charge in [0, 0.05) is 18.2 Å². The summed E-state index contributed by atoms with van der Waals surface area (Å²) in [4.78, 5) is 11.6. The van der Waals surface area contributed by atoms with Gasteiger partial charge in [0.15, 0.2) is 0 Å². The van der Waals surface area contributed by atoms with Gasteiger partial charge < -0.3 is 11.1 Å². The van der Waals surface area contributed by atoms with Crippen molar-refractivity contribution in [1.82, 2.24) is 0 Å². The molecule has 1 unspecified atom stereocenters. The zero-order valence-corrected chi connectivity index (χ0v) is 10.7. The lowest BCUT2D eigenvalue weighted by Gasteiger charge is -2.12. The number of carbonyl (C=O) groups is 1. The Morgan fingerprint density at radius 3 is 2.62 bits per heavy atom. The van der Waals surface area contributed by atoms with Gasteiger partial charge in [-0.05, 0) is 31.0 Å². The van der Waals surface area contributed by atoms with Gasteiger partial charge in [-0.2, -0.15) is 0 Å². The fourth-order valence-corrected chi connectivity index (χ4v) is 1.23. The molecule has 0 aliphatic heterocycles. The number of hydrogen-bond acceptors (Lipinski definition) is 2. The van der Waals surface area contributed by atoms with Gasteiger partial charge in [0.1, 0.15) is 0 Å². The van der Waals surface area contributed by atoms with Gasteiger partial charge in [-0.1, -0.05) is 19.1 Å². The first-order valence-electron chi connectivity index (χ1n) is 5.12. The molecule has 0 aliphatic carbocycles. The van der Waals surface area contributed by atoms with Crippen LogP contribution >= 0.6 is 12.4 Å². The molecule has 3 N–H and O–H groups in total. The monoisotopic (exact) mass is 242 g/mol. The Labute approximate surface area is 103 Å². The third-order valence-corrected chi connectivity index (χ3v) is 2.45. The molecule has 0 saturated carbocycles. The van der Waals surface area contributed by atoms with Crippen molar-refractivity contribution in [1.29, 1.82) is 0 Å². The van der Waals surface area contributed by atoms with Gasteiger partial charge in [-0.15, -0.1) is 12.4 Å². The van der Waals surface area contributed by atoms with Crippen molar-refractivity contribution < 1.29 is 4.79 Å². The van der Waals surface area contributed by atoms with Gasteiger partial charge >= 0.3 is 0 Å². The Morgan fingerprint density at radius 1 is 1.44 bits per heavy atom. The SMILES string of the molecule is Cc1ccc(C)c(NC(=O)C(C)CN)c1.Cl. The summed E-state index contributed by atoms with van der Waals surface area (Å²) in [5.74, 6) is -0.170. The Balaban J connectivity index is 0.00000225. The van der Waals surface area contributed by atoms with Crippen molar-refractivity contribution in [3.05, 3.63) is 29.3 Å². The molecule has 0 saturated heterocycles. The van der Waals surface area contributed by atoms with E-state index in [0.29, 0.717) is 6.54 Å². The highest BCUT2D eigenvalue weighted by molar-refractivity contribution is 5.93. The molecule has 0 fully saturated rings. The van der Waals surface area contributed by atoms with Gasteiger partial charge in [-0.3, -0.25) is 4.79 Å². The van der Waals surface area contributed by atoms with Gasteiger partial charge in [0.2, 0.25) is 5.91 Å². The van der Waals surface area contributed by atoms with Crippen LogP contribution < -0.4 is 11.1 Å². The zero-order valence-electron chi connectivity index (χ0n) is 9.91. The average Bonchev–Trinajstić information content (AvgIpc) is 2.22. The fourth-order valence-electron chi connectivity index (χ4n) is 1.23. The van der Waals surface area contributed by atoms with Crippen LogP contribution in [0.3, 0.4) is 0 Å². The molecule has 0 heterocycles. The molecule has 16 heavy (non-hydrogen) atoms.